The quantitative estimate of drug-likeness (QED) is 0.514. The van der Waals surface area contributed by atoms with E-state index in [2.05, 4.69) is 5.32 Å². The number of carbonyl (C=O) groups excluding carboxylic acids is 2. The molecule has 0 aliphatic heterocycles. The Morgan fingerprint density at radius 2 is 2.10 bits per heavy atom. The van der Waals surface area contributed by atoms with E-state index in [1.165, 1.54) is 13.0 Å². The van der Waals surface area contributed by atoms with Crippen molar-refractivity contribution >= 4 is 29.2 Å². The average Bonchev–Trinajstić information content (AvgIpc) is 2.38. The monoisotopic (exact) mass is 293 g/mol. The van der Waals surface area contributed by atoms with Crippen LogP contribution in [0.1, 0.15) is 13.8 Å². The third-order valence-electron chi connectivity index (χ3n) is 2.29. The summed E-state index contributed by atoms with van der Waals surface area (Å²) in [6.45, 7) is 3.33. The number of allylic oxidation sites excluding steroid dienone is 3. The maximum absolute atomic E-state index is 11.8. The molecular weight excluding hydrogens is 278 g/mol. The molecule has 1 rings (SSSR count). The van der Waals surface area contributed by atoms with Gasteiger partial charge in [0.2, 0.25) is 0 Å². The Balaban J connectivity index is 2.53. The van der Waals surface area contributed by atoms with Gasteiger partial charge in [0.1, 0.15) is 0 Å². The van der Waals surface area contributed by atoms with Gasteiger partial charge >= 0.3 is 5.97 Å². The Morgan fingerprint density at radius 1 is 1.35 bits per heavy atom. The molecule has 0 bridgehead atoms. The lowest BCUT2D eigenvalue weighted by atomic mass is 10.3. The molecule has 0 aromatic heterocycles. The van der Waals surface area contributed by atoms with Crippen LogP contribution in [0.15, 0.2) is 48.6 Å². The minimum Gasteiger partial charge on any atom is -0.449 e. The molecule has 1 aromatic rings. The van der Waals surface area contributed by atoms with E-state index in [0.717, 1.165) is 0 Å². The second-order valence-electron chi connectivity index (χ2n) is 3.96. The molecule has 0 aliphatic rings. The topological polar surface area (TPSA) is 55.4 Å². The first-order valence-corrected chi connectivity index (χ1v) is 6.47. The number of benzene rings is 1. The molecule has 0 saturated heterocycles. The summed E-state index contributed by atoms with van der Waals surface area (Å²) in [5.74, 6) is -0.989. The average molecular weight is 294 g/mol. The van der Waals surface area contributed by atoms with Gasteiger partial charge in [0.05, 0.1) is 0 Å². The summed E-state index contributed by atoms with van der Waals surface area (Å²) in [6, 6.07) is 6.73. The van der Waals surface area contributed by atoms with Gasteiger partial charge in [-0.25, -0.2) is 4.79 Å². The Labute approximate surface area is 123 Å². The number of carbonyl (C=O) groups is 2. The minimum absolute atomic E-state index is 0.417. The van der Waals surface area contributed by atoms with Gasteiger partial charge in [0.25, 0.3) is 5.91 Å². The van der Waals surface area contributed by atoms with Gasteiger partial charge in [-0.2, -0.15) is 0 Å². The predicted molar refractivity (Wildman–Crippen MR) is 79.6 cm³/mol. The zero-order valence-electron chi connectivity index (χ0n) is 11.3. The molecule has 1 aromatic carbocycles. The maximum Gasteiger partial charge on any atom is 0.331 e. The standard InChI is InChI=1S/C15H16ClNO3/c1-3-4-5-9-14(18)20-11(2)15(19)17-13-8-6-7-12(16)10-13/h3-11H,1-2H3,(H,17,19)/b4-3+,9-5+/t11-/m0/s1. The molecule has 4 nitrogen and oxygen atoms in total. The third kappa shape index (κ3) is 5.71. The Kier molecular flexibility index (Phi) is 6.53. The molecule has 1 amide bonds. The second kappa shape index (κ2) is 8.17. The van der Waals surface area contributed by atoms with Crippen molar-refractivity contribution in [3.8, 4) is 0 Å². The molecular formula is C15H16ClNO3. The number of ether oxygens (including phenoxy) is 1. The molecule has 0 heterocycles. The molecule has 106 valence electrons. The van der Waals surface area contributed by atoms with Crippen LogP contribution in [0.3, 0.4) is 0 Å². The number of amides is 1. The van der Waals surface area contributed by atoms with Crippen molar-refractivity contribution in [2.24, 2.45) is 0 Å². The summed E-state index contributed by atoms with van der Waals surface area (Å²) in [4.78, 5) is 23.2. The fourth-order valence-corrected chi connectivity index (χ4v) is 1.51. The van der Waals surface area contributed by atoms with Crippen molar-refractivity contribution in [2.45, 2.75) is 20.0 Å². The van der Waals surface area contributed by atoms with E-state index in [4.69, 9.17) is 16.3 Å². The van der Waals surface area contributed by atoms with Crippen LogP contribution in [0.4, 0.5) is 5.69 Å². The van der Waals surface area contributed by atoms with Gasteiger partial charge in [0, 0.05) is 16.8 Å². The number of anilines is 1. The molecule has 1 atom stereocenters. The summed E-state index contributed by atoms with van der Waals surface area (Å²) in [5.41, 5.74) is 0.551. The van der Waals surface area contributed by atoms with Crippen molar-refractivity contribution in [3.05, 3.63) is 53.6 Å². The summed E-state index contributed by atoms with van der Waals surface area (Å²) in [6.07, 6.45) is 5.38. The van der Waals surface area contributed by atoms with E-state index in [1.807, 2.05) is 6.92 Å². The molecule has 0 spiro atoms. The molecule has 1 N–H and O–H groups in total. The number of nitrogens with one attached hydrogen (secondary N) is 1. The molecule has 0 saturated carbocycles. The van der Waals surface area contributed by atoms with Crippen LogP contribution < -0.4 is 5.32 Å². The molecule has 0 unspecified atom stereocenters. The highest BCUT2D eigenvalue weighted by atomic mass is 35.5. The van der Waals surface area contributed by atoms with Gasteiger partial charge < -0.3 is 10.1 Å². The first-order valence-electron chi connectivity index (χ1n) is 6.09. The Hall–Kier alpha value is -2.07. The molecule has 0 radical (unpaired) electrons. The fourth-order valence-electron chi connectivity index (χ4n) is 1.32. The van der Waals surface area contributed by atoms with Crippen LogP contribution >= 0.6 is 11.6 Å². The first-order chi connectivity index (χ1) is 9.52. The highest BCUT2D eigenvalue weighted by Gasteiger charge is 2.16. The summed E-state index contributed by atoms with van der Waals surface area (Å²) >= 11 is 5.81. The highest BCUT2D eigenvalue weighted by Crippen LogP contribution is 2.15. The number of esters is 1. The molecule has 0 aliphatic carbocycles. The van der Waals surface area contributed by atoms with Crippen molar-refractivity contribution < 1.29 is 14.3 Å². The Bertz CT molecular complexity index is 538. The van der Waals surface area contributed by atoms with Crippen LogP contribution in [0.5, 0.6) is 0 Å². The van der Waals surface area contributed by atoms with Gasteiger partial charge in [-0.3, -0.25) is 4.79 Å². The van der Waals surface area contributed by atoms with Gasteiger partial charge in [-0.15, -0.1) is 0 Å². The molecule has 5 heteroatoms. The van der Waals surface area contributed by atoms with Crippen LogP contribution in [-0.4, -0.2) is 18.0 Å². The van der Waals surface area contributed by atoms with Crippen molar-refractivity contribution in [1.29, 1.82) is 0 Å². The lowest BCUT2D eigenvalue weighted by Crippen LogP contribution is -2.29. The van der Waals surface area contributed by atoms with Gasteiger partial charge in [0.15, 0.2) is 6.10 Å². The van der Waals surface area contributed by atoms with Crippen LogP contribution in [0.25, 0.3) is 0 Å². The number of hydrogen-bond donors (Lipinski definition) is 1. The van der Waals surface area contributed by atoms with Gasteiger partial charge in [-0.1, -0.05) is 35.9 Å². The van der Waals surface area contributed by atoms with Crippen molar-refractivity contribution in [3.63, 3.8) is 0 Å². The summed E-state index contributed by atoms with van der Waals surface area (Å²) in [7, 11) is 0. The van der Waals surface area contributed by atoms with Gasteiger partial charge in [-0.05, 0) is 32.0 Å². The molecule has 20 heavy (non-hydrogen) atoms. The first kappa shape index (κ1) is 16.0. The predicted octanol–water partition coefficient (Wildman–Crippen LogP) is 3.34. The zero-order chi connectivity index (χ0) is 15.0. The highest BCUT2D eigenvalue weighted by molar-refractivity contribution is 6.30. The number of halogens is 1. The maximum atomic E-state index is 11.8. The lowest BCUT2D eigenvalue weighted by Gasteiger charge is -2.12. The Morgan fingerprint density at radius 3 is 2.75 bits per heavy atom. The smallest absolute Gasteiger partial charge is 0.331 e. The number of hydrogen-bond acceptors (Lipinski definition) is 3. The van der Waals surface area contributed by atoms with E-state index < -0.39 is 18.0 Å². The number of rotatable bonds is 5. The van der Waals surface area contributed by atoms with E-state index in [0.29, 0.717) is 10.7 Å². The zero-order valence-corrected chi connectivity index (χ0v) is 12.1. The second-order valence-corrected chi connectivity index (χ2v) is 4.40. The summed E-state index contributed by atoms with van der Waals surface area (Å²) < 4.78 is 4.96. The summed E-state index contributed by atoms with van der Waals surface area (Å²) in [5, 5.41) is 3.13. The third-order valence-corrected chi connectivity index (χ3v) is 2.53. The fraction of sp³-hybridized carbons (Fsp3) is 0.200. The SMILES string of the molecule is C/C=C/C=C/C(=O)O[C@@H](C)C(=O)Nc1cccc(Cl)c1. The van der Waals surface area contributed by atoms with Crippen molar-refractivity contribution in [2.75, 3.05) is 5.32 Å². The van der Waals surface area contributed by atoms with Crippen LogP contribution in [0.2, 0.25) is 5.02 Å². The van der Waals surface area contributed by atoms with E-state index in [9.17, 15) is 9.59 Å². The van der Waals surface area contributed by atoms with Crippen LogP contribution in [-0.2, 0) is 14.3 Å². The minimum atomic E-state index is -0.892. The van der Waals surface area contributed by atoms with Crippen molar-refractivity contribution in [1.82, 2.24) is 0 Å². The van der Waals surface area contributed by atoms with E-state index in [1.54, 1.807) is 42.5 Å². The van der Waals surface area contributed by atoms with Crippen LogP contribution in [0, 0.1) is 0 Å². The van der Waals surface area contributed by atoms with E-state index >= 15 is 0 Å². The lowest BCUT2D eigenvalue weighted by molar-refractivity contribution is -0.148. The normalized spacial score (nSPS) is 12.6. The largest absolute Gasteiger partial charge is 0.449 e. The van der Waals surface area contributed by atoms with E-state index in [-0.39, 0.29) is 0 Å². The molecule has 0 fully saturated rings.